The summed E-state index contributed by atoms with van der Waals surface area (Å²) >= 11 is 2.14. The van der Waals surface area contributed by atoms with Crippen LogP contribution < -0.4 is 19.7 Å². The van der Waals surface area contributed by atoms with E-state index in [-0.39, 0.29) is 5.57 Å². The molecule has 0 radical (unpaired) electrons. The number of anilines is 1. The van der Waals surface area contributed by atoms with Gasteiger partial charge in [-0.05, 0) is 88.7 Å². The van der Waals surface area contributed by atoms with E-state index < -0.39 is 17.8 Å². The van der Waals surface area contributed by atoms with Crippen LogP contribution in [-0.2, 0) is 16.2 Å². The molecule has 0 spiro atoms. The Kier molecular flexibility index (Phi) is 7.38. The summed E-state index contributed by atoms with van der Waals surface area (Å²) in [5.74, 6) is -0.437. The molecule has 7 nitrogen and oxygen atoms in total. The minimum Gasteiger partial charge on any atom is -0.493 e. The highest BCUT2D eigenvalue weighted by Gasteiger charge is 2.36. The second kappa shape index (κ2) is 10.9. The van der Waals surface area contributed by atoms with Crippen LogP contribution in [0, 0.1) is 17.4 Å². The maximum Gasteiger partial charge on any atom is 0.335 e. The van der Waals surface area contributed by atoms with E-state index >= 15 is 0 Å². The quantitative estimate of drug-likeness (QED) is 0.153. The number of hydrogen-bond donors (Lipinski definition) is 1. The predicted molar refractivity (Wildman–Crippen MR) is 159 cm³/mol. The van der Waals surface area contributed by atoms with E-state index in [1.807, 2.05) is 19.1 Å². The lowest BCUT2D eigenvalue weighted by atomic mass is 10.0. The number of amides is 4. The molecule has 1 fully saturated rings. The highest BCUT2D eigenvalue weighted by Crippen LogP contribution is 2.36. The molecule has 39 heavy (non-hydrogen) atoms. The summed E-state index contributed by atoms with van der Waals surface area (Å²) in [6.45, 7) is 4.30. The van der Waals surface area contributed by atoms with Crippen molar-refractivity contribution < 1.29 is 23.9 Å². The number of imide groups is 2. The van der Waals surface area contributed by atoms with Crippen LogP contribution in [-0.4, -0.2) is 25.0 Å². The van der Waals surface area contributed by atoms with Crippen molar-refractivity contribution in [2.24, 2.45) is 0 Å². The molecule has 0 bridgehead atoms. The summed E-state index contributed by atoms with van der Waals surface area (Å²) in [5, 5.41) is 4.52. The number of barbiturate groups is 1. The van der Waals surface area contributed by atoms with Gasteiger partial charge in [0.25, 0.3) is 11.8 Å². The molecule has 1 heterocycles. The Balaban J connectivity index is 1.45. The zero-order valence-electron chi connectivity index (χ0n) is 21.6. The van der Waals surface area contributed by atoms with E-state index in [9.17, 15) is 14.4 Å². The summed E-state index contributed by atoms with van der Waals surface area (Å²) in [6, 6.07) is 22.0. The van der Waals surface area contributed by atoms with Gasteiger partial charge < -0.3 is 9.47 Å². The van der Waals surface area contributed by atoms with Crippen molar-refractivity contribution in [2.75, 3.05) is 12.0 Å². The van der Waals surface area contributed by atoms with Gasteiger partial charge in [0.15, 0.2) is 11.5 Å². The molecule has 4 amide bonds. The van der Waals surface area contributed by atoms with Crippen molar-refractivity contribution in [1.82, 2.24) is 5.32 Å². The number of hydrogen-bond acceptors (Lipinski definition) is 5. The van der Waals surface area contributed by atoms with E-state index in [4.69, 9.17) is 9.47 Å². The van der Waals surface area contributed by atoms with Crippen molar-refractivity contribution in [1.29, 1.82) is 0 Å². The van der Waals surface area contributed by atoms with E-state index in [1.54, 1.807) is 36.4 Å². The number of urea groups is 1. The third kappa shape index (κ3) is 5.24. The number of nitrogens with zero attached hydrogens (tertiary/aromatic N) is 1. The average Bonchev–Trinajstić information content (AvgIpc) is 2.92. The van der Waals surface area contributed by atoms with Gasteiger partial charge in [0.1, 0.15) is 12.2 Å². The molecule has 4 aromatic carbocycles. The van der Waals surface area contributed by atoms with Gasteiger partial charge in [0, 0.05) is 5.56 Å². The van der Waals surface area contributed by atoms with E-state index in [2.05, 4.69) is 59.1 Å². The Hall–Kier alpha value is -4.18. The smallest absolute Gasteiger partial charge is 0.335 e. The van der Waals surface area contributed by atoms with E-state index in [0.717, 1.165) is 35.9 Å². The summed E-state index contributed by atoms with van der Waals surface area (Å²) in [6.07, 6.45) is 1.45. The first-order valence-corrected chi connectivity index (χ1v) is 13.3. The third-order valence-corrected chi connectivity index (χ3v) is 7.39. The fourth-order valence-corrected chi connectivity index (χ4v) is 5.28. The van der Waals surface area contributed by atoms with Crippen molar-refractivity contribution >= 4 is 63.0 Å². The second-order valence-electron chi connectivity index (χ2n) is 9.20. The monoisotopic (exact) mass is 632 g/mol. The molecule has 0 aromatic heterocycles. The fraction of sp³-hybridized carbons (Fsp3) is 0.129. The number of aryl methyl sites for hydroxylation is 2. The summed E-state index contributed by atoms with van der Waals surface area (Å²) in [7, 11) is 1.54. The second-order valence-corrected chi connectivity index (χ2v) is 10.4. The summed E-state index contributed by atoms with van der Waals surface area (Å²) < 4.78 is 12.6. The van der Waals surface area contributed by atoms with Crippen LogP contribution in [0.25, 0.3) is 16.8 Å². The van der Waals surface area contributed by atoms with E-state index in [1.165, 1.54) is 13.2 Å². The summed E-state index contributed by atoms with van der Waals surface area (Å²) in [5.41, 5.74) is 3.96. The zero-order chi connectivity index (χ0) is 27.7. The Bertz CT molecular complexity index is 1660. The molecule has 5 rings (SSSR count). The van der Waals surface area contributed by atoms with Crippen LogP contribution >= 0.6 is 22.6 Å². The number of halogens is 1. The van der Waals surface area contributed by atoms with Crippen LogP contribution in [0.4, 0.5) is 10.5 Å². The number of benzene rings is 4. The van der Waals surface area contributed by atoms with Crippen LogP contribution in [0.2, 0.25) is 0 Å². The number of methoxy groups -OCH3 is 1. The van der Waals surface area contributed by atoms with Gasteiger partial charge in [-0.15, -0.1) is 0 Å². The highest BCUT2D eigenvalue weighted by molar-refractivity contribution is 14.1. The largest absolute Gasteiger partial charge is 0.493 e. The topological polar surface area (TPSA) is 84.9 Å². The maximum atomic E-state index is 13.3. The molecular formula is C31H25IN2O5. The molecule has 1 aliphatic heterocycles. The standard InChI is InChI=1S/C31H25IN2O5/c1-18-8-12-22(13-9-18)34-30(36)24(29(35)33-31(34)37)14-20-15-26(32)28(27(16-20)38-3)39-17-25-19(2)10-11-21-6-4-5-7-23(21)25/h4-16H,17H2,1-3H3,(H,33,35,37)/b24-14+. The molecule has 0 unspecified atom stereocenters. The van der Waals surface area contributed by atoms with Crippen molar-refractivity contribution in [2.45, 2.75) is 20.5 Å². The first-order valence-electron chi connectivity index (χ1n) is 12.2. The lowest BCUT2D eigenvalue weighted by Gasteiger charge is -2.26. The normalized spacial score (nSPS) is 14.6. The molecule has 1 N–H and O–H groups in total. The first-order chi connectivity index (χ1) is 18.8. The minimum absolute atomic E-state index is 0.159. The van der Waals surface area contributed by atoms with Crippen LogP contribution in [0.3, 0.4) is 0 Å². The molecule has 4 aromatic rings. The molecule has 8 heteroatoms. The van der Waals surface area contributed by atoms with Crippen molar-refractivity contribution in [3.8, 4) is 11.5 Å². The number of ether oxygens (including phenoxy) is 2. The molecule has 0 atom stereocenters. The Morgan fingerprint density at radius 1 is 0.949 bits per heavy atom. The lowest BCUT2D eigenvalue weighted by molar-refractivity contribution is -0.122. The van der Waals surface area contributed by atoms with Crippen LogP contribution in [0.1, 0.15) is 22.3 Å². The minimum atomic E-state index is -0.786. The Morgan fingerprint density at radius 3 is 2.44 bits per heavy atom. The van der Waals surface area contributed by atoms with Gasteiger partial charge in [-0.3, -0.25) is 14.9 Å². The van der Waals surface area contributed by atoms with E-state index in [0.29, 0.717) is 29.4 Å². The SMILES string of the molecule is COc1cc(/C=C2\C(=O)NC(=O)N(c3ccc(C)cc3)C2=O)cc(I)c1OCc1c(C)ccc2ccccc12. The zero-order valence-corrected chi connectivity index (χ0v) is 23.7. The predicted octanol–water partition coefficient (Wildman–Crippen LogP) is 6.32. The first kappa shape index (κ1) is 26.4. The number of carbonyl (C=O) groups is 3. The fourth-order valence-electron chi connectivity index (χ4n) is 4.50. The molecule has 1 saturated heterocycles. The maximum absolute atomic E-state index is 13.3. The molecular weight excluding hydrogens is 607 g/mol. The Labute approximate surface area is 239 Å². The lowest BCUT2D eigenvalue weighted by Crippen LogP contribution is -2.54. The van der Waals surface area contributed by atoms with Crippen LogP contribution in [0.5, 0.6) is 11.5 Å². The van der Waals surface area contributed by atoms with Crippen molar-refractivity contribution in [3.63, 3.8) is 0 Å². The number of carbonyl (C=O) groups excluding carboxylic acids is 3. The Morgan fingerprint density at radius 2 is 1.69 bits per heavy atom. The van der Waals surface area contributed by atoms with Gasteiger partial charge in [-0.1, -0.05) is 54.1 Å². The van der Waals surface area contributed by atoms with Gasteiger partial charge in [0.2, 0.25) is 0 Å². The van der Waals surface area contributed by atoms with Gasteiger partial charge in [0.05, 0.1) is 16.4 Å². The molecule has 0 aliphatic carbocycles. The molecule has 1 aliphatic rings. The van der Waals surface area contributed by atoms with Gasteiger partial charge in [-0.25, -0.2) is 9.69 Å². The van der Waals surface area contributed by atoms with Gasteiger partial charge >= 0.3 is 6.03 Å². The number of fused-ring (bicyclic) bond motifs is 1. The molecule has 196 valence electrons. The summed E-state index contributed by atoms with van der Waals surface area (Å²) in [4.78, 5) is 39.4. The van der Waals surface area contributed by atoms with Crippen LogP contribution in [0.15, 0.2) is 78.4 Å². The average molecular weight is 632 g/mol. The number of nitrogens with one attached hydrogen (secondary N) is 1. The number of rotatable bonds is 6. The third-order valence-electron chi connectivity index (χ3n) is 6.59. The van der Waals surface area contributed by atoms with Gasteiger partial charge in [-0.2, -0.15) is 0 Å². The molecule has 0 saturated carbocycles. The highest BCUT2D eigenvalue weighted by atomic mass is 127. The van der Waals surface area contributed by atoms with Crippen molar-refractivity contribution in [3.05, 3.63) is 104 Å².